The molecule has 1 amide bonds. The van der Waals surface area contributed by atoms with E-state index in [1.807, 2.05) is 0 Å². The Balaban J connectivity index is 2.17. The molecule has 1 spiro atoms. The highest BCUT2D eigenvalue weighted by Gasteiger charge is 2.57. The lowest BCUT2D eigenvalue weighted by Crippen LogP contribution is -2.70. The highest BCUT2D eigenvalue weighted by atomic mass is 16.6. The standard InChI is InChI=1S/C15H25NO4/c1-14(2,3)20-13(19)16-11(12(17)18)10-15(16)8-6-4-5-7-9-15/h11H,4-10H2,1-3H3,(H,17,18). The van der Waals surface area contributed by atoms with E-state index in [0.717, 1.165) is 25.7 Å². The Morgan fingerprint density at radius 1 is 1.15 bits per heavy atom. The monoisotopic (exact) mass is 283 g/mol. The fraction of sp³-hybridized carbons (Fsp3) is 0.867. The van der Waals surface area contributed by atoms with Gasteiger partial charge in [0.15, 0.2) is 0 Å². The largest absolute Gasteiger partial charge is 0.480 e. The average Bonchev–Trinajstić information content (AvgIpc) is 2.49. The summed E-state index contributed by atoms with van der Waals surface area (Å²) in [6.07, 6.45) is 6.35. The molecule has 1 unspecified atom stereocenters. The van der Waals surface area contributed by atoms with E-state index in [1.165, 1.54) is 17.7 Å². The molecule has 1 heterocycles. The van der Waals surface area contributed by atoms with Crippen molar-refractivity contribution in [3.05, 3.63) is 0 Å². The minimum absolute atomic E-state index is 0.276. The Kier molecular flexibility index (Phi) is 3.98. The van der Waals surface area contributed by atoms with Crippen molar-refractivity contribution in [3.63, 3.8) is 0 Å². The van der Waals surface area contributed by atoms with Crippen molar-refractivity contribution < 1.29 is 19.4 Å². The molecule has 20 heavy (non-hydrogen) atoms. The summed E-state index contributed by atoms with van der Waals surface area (Å²) < 4.78 is 5.41. The molecule has 2 aliphatic rings. The summed E-state index contributed by atoms with van der Waals surface area (Å²) in [5, 5.41) is 9.29. The molecule has 1 atom stereocenters. The van der Waals surface area contributed by atoms with Gasteiger partial charge in [-0.15, -0.1) is 0 Å². The summed E-state index contributed by atoms with van der Waals surface area (Å²) in [4.78, 5) is 25.2. The number of ether oxygens (including phenoxy) is 1. The zero-order chi connectivity index (χ0) is 15.0. The van der Waals surface area contributed by atoms with Crippen LogP contribution in [-0.4, -0.2) is 39.3 Å². The molecule has 0 aromatic heterocycles. The minimum Gasteiger partial charge on any atom is -0.480 e. The van der Waals surface area contributed by atoms with E-state index in [4.69, 9.17) is 4.74 Å². The van der Waals surface area contributed by atoms with E-state index in [1.54, 1.807) is 20.8 Å². The van der Waals surface area contributed by atoms with Crippen LogP contribution in [0.3, 0.4) is 0 Å². The second-order valence-corrected chi connectivity index (χ2v) is 7.05. The number of carboxylic acid groups (broad SMARTS) is 1. The fourth-order valence-corrected chi connectivity index (χ4v) is 3.43. The number of likely N-dealkylation sites (tertiary alicyclic amines) is 1. The van der Waals surface area contributed by atoms with Gasteiger partial charge in [0.25, 0.3) is 0 Å². The molecule has 0 radical (unpaired) electrons. The molecule has 2 rings (SSSR count). The van der Waals surface area contributed by atoms with Gasteiger partial charge in [-0.05, 0) is 33.6 Å². The Morgan fingerprint density at radius 3 is 2.15 bits per heavy atom. The third kappa shape index (κ3) is 2.91. The Labute approximate surface area is 120 Å². The molecule has 1 aliphatic carbocycles. The summed E-state index contributed by atoms with van der Waals surface area (Å²) in [5.74, 6) is -0.925. The lowest BCUT2D eigenvalue weighted by Gasteiger charge is -2.56. The van der Waals surface area contributed by atoms with Crippen molar-refractivity contribution in [2.75, 3.05) is 0 Å². The van der Waals surface area contributed by atoms with Gasteiger partial charge in [-0.1, -0.05) is 25.7 Å². The van der Waals surface area contributed by atoms with Crippen LogP contribution in [0.4, 0.5) is 4.79 Å². The third-order valence-electron chi connectivity index (χ3n) is 4.31. The van der Waals surface area contributed by atoms with Crippen molar-refractivity contribution in [1.29, 1.82) is 0 Å². The number of hydrogen-bond donors (Lipinski definition) is 1. The number of carboxylic acids is 1. The number of hydrogen-bond acceptors (Lipinski definition) is 3. The van der Waals surface area contributed by atoms with Crippen LogP contribution in [0.2, 0.25) is 0 Å². The van der Waals surface area contributed by atoms with Crippen molar-refractivity contribution in [3.8, 4) is 0 Å². The first-order valence-electron chi connectivity index (χ1n) is 7.50. The Morgan fingerprint density at radius 2 is 1.70 bits per heavy atom. The second kappa shape index (κ2) is 5.26. The van der Waals surface area contributed by atoms with Gasteiger partial charge in [0.1, 0.15) is 11.6 Å². The SMILES string of the molecule is CC(C)(C)OC(=O)N1C(C(=O)O)CC12CCCCCC2. The molecule has 114 valence electrons. The maximum atomic E-state index is 12.4. The highest BCUT2D eigenvalue weighted by molar-refractivity contribution is 5.83. The van der Waals surface area contributed by atoms with E-state index < -0.39 is 23.7 Å². The van der Waals surface area contributed by atoms with Gasteiger partial charge in [0, 0.05) is 12.0 Å². The van der Waals surface area contributed by atoms with Gasteiger partial charge < -0.3 is 9.84 Å². The van der Waals surface area contributed by atoms with Crippen LogP contribution >= 0.6 is 0 Å². The van der Waals surface area contributed by atoms with Gasteiger partial charge in [-0.3, -0.25) is 4.90 Å². The van der Waals surface area contributed by atoms with Crippen molar-refractivity contribution in [2.45, 2.75) is 82.9 Å². The van der Waals surface area contributed by atoms with Crippen LogP contribution in [0.5, 0.6) is 0 Å². The normalized spacial score (nSPS) is 25.8. The second-order valence-electron chi connectivity index (χ2n) is 7.05. The summed E-state index contributed by atoms with van der Waals surface area (Å²) in [5.41, 5.74) is -0.871. The first kappa shape index (κ1) is 15.1. The highest BCUT2D eigenvalue weighted by Crippen LogP contribution is 2.46. The summed E-state index contributed by atoms with van der Waals surface area (Å²) in [6, 6.07) is -0.719. The van der Waals surface area contributed by atoms with E-state index in [0.29, 0.717) is 6.42 Å². The number of carbonyl (C=O) groups excluding carboxylic acids is 1. The maximum Gasteiger partial charge on any atom is 0.411 e. The first-order valence-corrected chi connectivity index (χ1v) is 7.50. The minimum atomic E-state index is -0.925. The maximum absolute atomic E-state index is 12.4. The number of amides is 1. The zero-order valence-electron chi connectivity index (χ0n) is 12.6. The zero-order valence-corrected chi connectivity index (χ0v) is 12.6. The van der Waals surface area contributed by atoms with Gasteiger partial charge in [0.2, 0.25) is 0 Å². The predicted molar refractivity (Wildman–Crippen MR) is 74.5 cm³/mol. The Bertz CT molecular complexity index is 391. The molecular formula is C15H25NO4. The van der Waals surface area contributed by atoms with Crippen LogP contribution in [0.1, 0.15) is 65.7 Å². The quantitative estimate of drug-likeness (QED) is 0.802. The average molecular weight is 283 g/mol. The predicted octanol–water partition coefficient (Wildman–Crippen LogP) is 3.17. The van der Waals surface area contributed by atoms with Crippen LogP contribution in [0, 0.1) is 0 Å². The molecule has 5 nitrogen and oxygen atoms in total. The Hall–Kier alpha value is -1.26. The molecule has 5 heteroatoms. The van der Waals surface area contributed by atoms with Crippen LogP contribution in [-0.2, 0) is 9.53 Å². The van der Waals surface area contributed by atoms with Crippen molar-refractivity contribution >= 4 is 12.1 Å². The number of nitrogens with zero attached hydrogens (tertiary/aromatic N) is 1. The van der Waals surface area contributed by atoms with E-state index in [2.05, 4.69) is 0 Å². The number of carbonyl (C=O) groups is 2. The summed E-state index contributed by atoms with van der Waals surface area (Å²) in [6.45, 7) is 5.42. The molecule has 1 aliphatic heterocycles. The van der Waals surface area contributed by atoms with E-state index in [9.17, 15) is 14.7 Å². The van der Waals surface area contributed by atoms with E-state index >= 15 is 0 Å². The summed E-state index contributed by atoms with van der Waals surface area (Å²) in [7, 11) is 0. The lowest BCUT2D eigenvalue weighted by atomic mass is 9.73. The molecule has 1 N–H and O–H groups in total. The van der Waals surface area contributed by atoms with Crippen LogP contribution in [0.15, 0.2) is 0 Å². The van der Waals surface area contributed by atoms with Gasteiger partial charge in [0.05, 0.1) is 0 Å². The van der Waals surface area contributed by atoms with Crippen LogP contribution < -0.4 is 0 Å². The third-order valence-corrected chi connectivity index (χ3v) is 4.31. The van der Waals surface area contributed by atoms with Crippen molar-refractivity contribution in [1.82, 2.24) is 4.90 Å². The molecule has 0 bridgehead atoms. The molecule has 1 saturated carbocycles. The van der Waals surface area contributed by atoms with Gasteiger partial charge in [-0.2, -0.15) is 0 Å². The number of aliphatic carboxylic acids is 1. The number of rotatable bonds is 1. The molecule has 0 aromatic carbocycles. The molecular weight excluding hydrogens is 258 g/mol. The molecule has 0 aromatic rings. The lowest BCUT2D eigenvalue weighted by molar-refractivity contribution is -0.161. The van der Waals surface area contributed by atoms with Crippen molar-refractivity contribution in [2.24, 2.45) is 0 Å². The topological polar surface area (TPSA) is 66.8 Å². The molecule has 2 fully saturated rings. The van der Waals surface area contributed by atoms with E-state index in [-0.39, 0.29) is 5.54 Å². The van der Waals surface area contributed by atoms with Gasteiger partial charge >= 0.3 is 12.1 Å². The first-order chi connectivity index (χ1) is 9.25. The fourth-order valence-electron chi connectivity index (χ4n) is 3.43. The smallest absolute Gasteiger partial charge is 0.411 e. The molecule has 1 saturated heterocycles. The summed E-state index contributed by atoms with van der Waals surface area (Å²) >= 11 is 0. The van der Waals surface area contributed by atoms with Gasteiger partial charge in [-0.25, -0.2) is 9.59 Å². The van der Waals surface area contributed by atoms with Crippen LogP contribution in [0.25, 0.3) is 0 Å².